The standard InChI is InChI=1S/C39H36ClF3N4O3S3.C10H21NO/c40-31-14-10-28(11-15-31)35-9-5-4-6-30(35)27-46-21-23-47(24-22-46)32-16-12-29(13-17-32)38(48)45-52-34-18-19-36(37(26-34)53(49,50)39(41,42)43)44-20-25-51-33-7-2-1-3-8-33;1-4-11-7-5-10(6-8-11)12-9(2)3/h1-19,26,44H,20-25,27H2,(H,45,48);9-10H,4-8H2,1-3H3. The minimum absolute atomic E-state index is 0.135. The third-order valence-corrected chi connectivity index (χ3v) is 14.7. The molecule has 16 heteroatoms. The summed E-state index contributed by atoms with van der Waals surface area (Å²) in [4.78, 5) is 20.4. The van der Waals surface area contributed by atoms with Crippen molar-refractivity contribution in [2.45, 2.75) is 72.6 Å². The van der Waals surface area contributed by atoms with Crippen molar-refractivity contribution in [3.8, 4) is 11.1 Å². The van der Waals surface area contributed by atoms with Crippen molar-refractivity contribution in [3.63, 3.8) is 0 Å². The van der Waals surface area contributed by atoms with Gasteiger partial charge in [0.15, 0.2) is 0 Å². The number of ether oxygens (including phenoxy) is 1. The molecule has 9 nitrogen and oxygen atoms in total. The summed E-state index contributed by atoms with van der Waals surface area (Å²) >= 11 is 8.33. The van der Waals surface area contributed by atoms with E-state index in [-0.39, 0.29) is 17.1 Å². The lowest BCUT2D eigenvalue weighted by Gasteiger charge is -2.36. The van der Waals surface area contributed by atoms with E-state index in [1.807, 2.05) is 72.8 Å². The Morgan fingerprint density at radius 2 is 1.48 bits per heavy atom. The highest BCUT2D eigenvalue weighted by atomic mass is 35.5. The van der Waals surface area contributed by atoms with Gasteiger partial charge in [-0.1, -0.05) is 73.1 Å². The number of alkyl halides is 3. The number of piperidine rings is 1. The third kappa shape index (κ3) is 14.6. The highest BCUT2D eigenvalue weighted by Crippen LogP contribution is 2.37. The molecule has 0 atom stereocenters. The van der Waals surface area contributed by atoms with E-state index in [2.05, 4.69) is 63.7 Å². The van der Waals surface area contributed by atoms with Crippen LogP contribution in [0.1, 0.15) is 49.5 Å². The molecule has 2 saturated heterocycles. The van der Waals surface area contributed by atoms with Gasteiger partial charge >= 0.3 is 5.51 Å². The molecule has 2 aliphatic heterocycles. The van der Waals surface area contributed by atoms with Crippen LogP contribution in [0.3, 0.4) is 0 Å². The van der Waals surface area contributed by atoms with E-state index in [0.29, 0.717) is 28.5 Å². The molecule has 0 radical (unpaired) electrons. The fourth-order valence-electron chi connectivity index (χ4n) is 7.64. The SMILES string of the molecule is CCN1CCC(OC(C)C)CC1.O=C(NSc1ccc(NCCSc2ccccc2)c(S(=O)(=O)C(F)(F)F)c1)c1ccc(N2CCN(Cc3ccccc3-c3ccc(Cl)cc3)CC2)cc1. The smallest absolute Gasteiger partial charge is 0.383 e. The lowest BCUT2D eigenvalue weighted by molar-refractivity contribution is -0.0435. The first kappa shape index (κ1) is 50.2. The van der Waals surface area contributed by atoms with Crippen LogP contribution in [0.2, 0.25) is 5.02 Å². The second-order valence-electron chi connectivity index (χ2n) is 16.0. The quantitative estimate of drug-likeness (QED) is 0.0566. The number of halogens is 4. The second kappa shape index (κ2) is 24.0. The number of thioether (sulfide) groups is 1. The minimum Gasteiger partial charge on any atom is -0.383 e. The fourth-order valence-corrected chi connectivity index (χ4v) is 10.2. The van der Waals surface area contributed by atoms with Crippen molar-refractivity contribution >= 4 is 62.4 Å². The van der Waals surface area contributed by atoms with Gasteiger partial charge < -0.3 is 19.9 Å². The van der Waals surface area contributed by atoms with Crippen LogP contribution in [0, 0.1) is 0 Å². The van der Waals surface area contributed by atoms with Crippen LogP contribution in [0.5, 0.6) is 0 Å². The van der Waals surface area contributed by atoms with Crippen LogP contribution in [-0.2, 0) is 21.1 Å². The summed E-state index contributed by atoms with van der Waals surface area (Å²) in [6.45, 7) is 14.5. The molecule has 5 aromatic rings. The van der Waals surface area contributed by atoms with Gasteiger partial charge in [-0.25, -0.2) is 8.42 Å². The second-order valence-corrected chi connectivity index (χ2v) is 20.4. The molecule has 0 unspecified atom stereocenters. The van der Waals surface area contributed by atoms with Crippen molar-refractivity contribution in [3.05, 3.63) is 137 Å². The van der Waals surface area contributed by atoms with Crippen LogP contribution >= 0.6 is 35.3 Å². The van der Waals surface area contributed by atoms with Crippen molar-refractivity contribution in [2.24, 2.45) is 0 Å². The Kier molecular flexibility index (Phi) is 18.5. The maximum atomic E-state index is 13.6. The summed E-state index contributed by atoms with van der Waals surface area (Å²) in [7, 11) is -5.67. The zero-order valence-electron chi connectivity index (χ0n) is 36.9. The van der Waals surface area contributed by atoms with Gasteiger partial charge in [-0.05, 0) is 129 Å². The molecule has 0 aliphatic carbocycles. The van der Waals surface area contributed by atoms with E-state index in [4.69, 9.17) is 16.3 Å². The number of sulfone groups is 1. The molecule has 0 aromatic heterocycles. The van der Waals surface area contributed by atoms with Gasteiger partial charge in [0, 0.05) is 84.2 Å². The first-order chi connectivity index (χ1) is 31.2. The number of nitrogens with zero attached hydrogens (tertiary/aromatic N) is 3. The summed E-state index contributed by atoms with van der Waals surface area (Å²) in [6.07, 6.45) is 3.34. The molecule has 2 aliphatic rings. The van der Waals surface area contributed by atoms with Crippen LogP contribution < -0.4 is 14.9 Å². The number of nitrogens with one attached hydrogen (secondary N) is 2. The molecule has 1 amide bonds. The number of anilines is 2. The lowest BCUT2D eigenvalue weighted by Crippen LogP contribution is -2.46. The van der Waals surface area contributed by atoms with Crippen LogP contribution in [0.15, 0.2) is 136 Å². The highest BCUT2D eigenvalue weighted by molar-refractivity contribution is 7.99. The molecule has 0 saturated carbocycles. The van der Waals surface area contributed by atoms with Crippen molar-refractivity contribution in [1.29, 1.82) is 0 Å². The Morgan fingerprint density at radius 1 is 0.815 bits per heavy atom. The number of carbonyl (C=O) groups excluding carboxylic acids is 1. The maximum absolute atomic E-state index is 13.6. The van der Waals surface area contributed by atoms with Gasteiger partial charge in [0.1, 0.15) is 4.90 Å². The van der Waals surface area contributed by atoms with Gasteiger partial charge in [-0.2, -0.15) is 13.2 Å². The van der Waals surface area contributed by atoms with E-state index < -0.39 is 26.1 Å². The van der Waals surface area contributed by atoms with Gasteiger partial charge in [-0.3, -0.25) is 14.4 Å². The summed E-state index contributed by atoms with van der Waals surface area (Å²) < 4.78 is 74.3. The molecule has 2 heterocycles. The lowest BCUT2D eigenvalue weighted by atomic mass is 9.99. The Hall–Kier alpha value is -4.22. The molecule has 65 heavy (non-hydrogen) atoms. The number of hydrogen-bond donors (Lipinski definition) is 2. The average Bonchev–Trinajstić information content (AvgIpc) is 3.31. The number of rotatable bonds is 16. The number of piperazine rings is 1. The third-order valence-electron chi connectivity index (χ3n) is 11.1. The summed E-state index contributed by atoms with van der Waals surface area (Å²) in [5, 5.41) is 3.53. The van der Waals surface area contributed by atoms with E-state index in [0.717, 1.165) is 66.9 Å². The Bertz CT molecular complexity index is 2380. The normalized spacial score (nSPS) is 15.4. The average molecular weight is 969 g/mol. The Morgan fingerprint density at radius 3 is 2.12 bits per heavy atom. The fraction of sp³-hybridized carbons (Fsp3) is 0.367. The first-order valence-electron chi connectivity index (χ1n) is 21.8. The van der Waals surface area contributed by atoms with Crippen molar-refractivity contribution in [2.75, 3.05) is 68.3 Å². The zero-order valence-corrected chi connectivity index (χ0v) is 40.1. The maximum Gasteiger partial charge on any atom is 0.501 e. The summed E-state index contributed by atoms with van der Waals surface area (Å²) in [6, 6.07) is 36.5. The summed E-state index contributed by atoms with van der Waals surface area (Å²) in [5.41, 5.74) is -0.767. The Balaban J connectivity index is 0.000000506. The minimum atomic E-state index is -5.67. The molecule has 2 fully saturated rings. The molecular formula is C49H57ClF3N5O4S3. The van der Waals surface area contributed by atoms with Crippen molar-refractivity contribution < 1.29 is 31.1 Å². The number of hydrogen-bond acceptors (Lipinski definition) is 10. The molecule has 0 bridgehead atoms. The molecule has 5 aromatic carbocycles. The van der Waals surface area contributed by atoms with E-state index >= 15 is 0 Å². The number of likely N-dealkylation sites (tertiary alicyclic amines) is 1. The number of carbonyl (C=O) groups is 1. The predicted molar refractivity (Wildman–Crippen MR) is 261 cm³/mol. The molecular weight excluding hydrogens is 911 g/mol. The predicted octanol–water partition coefficient (Wildman–Crippen LogP) is 11.2. The van der Waals surface area contributed by atoms with E-state index in [1.54, 1.807) is 12.1 Å². The highest BCUT2D eigenvalue weighted by Gasteiger charge is 2.48. The number of amides is 1. The monoisotopic (exact) mass is 967 g/mol. The van der Waals surface area contributed by atoms with Gasteiger partial charge in [0.25, 0.3) is 15.7 Å². The Labute approximate surface area is 395 Å². The first-order valence-corrected chi connectivity index (χ1v) is 25.5. The van der Waals surface area contributed by atoms with Crippen LogP contribution in [0.4, 0.5) is 24.5 Å². The van der Waals surface area contributed by atoms with Gasteiger partial charge in [0.2, 0.25) is 0 Å². The zero-order chi connectivity index (χ0) is 46.4. The molecule has 0 spiro atoms. The van der Waals surface area contributed by atoms with Gasteiger partial charge in [-0.15, -0.1) is 11.8 Å². The topological polar surface area (TPSA) is 94.2 Å². The largest absolute Gasteiger partial charge is 0.501 e. The van der Waals surface area contributed by atoms with Gasteiger partial charge in [0.05, 0.1) is 17.9 Å². The molecule has 7 rings (SSSR count). The molecule has 348 valence electrons. The molecule has 2 N–H and O–H groups in total. The van der Waals surface area contributed by atoms with Crippen LogP contribution in [-0.4, -0.2) is 100.0 Å². The number of benzene rings is 5. The summed E-state index contributed by atoms with van der Waals surface area (Å²) in [5.74, 6) is 0.0314. The van der Waals surface area contributed by atoms with Crippen LogP contribution in [0.25, 0.3) is 11.1 Å². The van der Waals surface area contributed by atoms with E-state index in [9.17, 15) is 26.4 Å². The van der Waals surface area contributed by atoms with Crippen molar-refractivity contribution in [1.82, 2.24) is 14.5 Å². The van der Waals surface area contributed by atoms with E-state index in [1.165, 1.54) is 67.5 Å².